The average Bonchev–Trinajstić information content (AvgIpc) is 2.86. The summed E-state index contributed by atoms with van der Waals surface area (Å²) in [7, 11) is 0. The molecule has 0 saturated carbocycles. The molecule has 1 atom stereocenters. The monoisotopic (exact) mass is 288 g/mol. The highest BCUT2D eigenvalue weighted by molar-refractivity contribution is 5.41. The fraction of sp³-hybridized carbons (Fsp3) is 0.667. The lowest BCUT2D eigenvalue weighted by atomic mass is 9.94. The van der Waals surface area contributed by atoms with Crippen LogP contribution in [-0.2, 0) is 0 Å². The molecule has 3 rings (SSSR count). The summed E-state index contributed by atoms with van der Waals surface area (Å²) in [6.07, 6.45) is 3.62. The molecule has 0 bridgehead atoms. The van der Waals surface area contributed by atoms with Crippen LogP contribution in [0, 0.1) is 0 Å². The Morgan fingerprint density at radius 1 is 1.19 bits per heavy atom. The lowest BCUT2D eigenvalue weighted by Gasteiger charge is -2.30. The van der Waals surface area contributed by atoms with Crippen LogP contribution in [0.1, 0.15) is 56.2 Å². The molecule has 0 aromatic heterocycles. The van der Waals surface area contributed by atoms with Crippen LogP contribution in [0.3, 0.4) is 0 Å². The fourth-order valence-corrected chi connectivity index (χ4v) is 3.49. The molecule has 116 valence electrons. The molecule has 1 unspecified atom stereocenters. The van der Waals surface area contributed by atoms with E-state index >= 15 is 0 Å². The summed E-state index contributed by atoms with van der Waals surface area (Å²) < 4.78 is 5.99. The van der Waals surface area contributed by atoms with Crippen LogP contribution >= 0.6 is 0 Å². The van der Waals surface area contributed by atoms with Gasteiger partial charge in [-0.2, -0.15) is 0 Å². The second kappa shape index (κ2) is 6.80. The van der Waals surface area contributed by atoms with Crippen molar-refractivity contribution in [3.63, 3.8) is 0 Å². The summed E-state index contributed by atoms with van der Waals surface area (Å²) in [5.74, 6) is 1.68. The quantitative estimate of drug-likeness (QED) is 0.903. The predicted molar refractivity (Wildman–Crippen MR) is 87.1 cm³/mol. The van der Waals surface area contributed by atoms with Gasteiger partial charge < -0.3 is 10.1 Å². The number of nitrogens with one attached hydrogen (secondary N) is 1. The van der Waals surface area contributed by atoms with Gasteiger partial charge in [-0.05, 0) is 43.4 Å². The zero-order valence-electron chi connectivity index (χ0n) is 13.4. The minimum absolute atomic E-state index is 0.529. The molecule has 1 N–H and O–H groups in total. The number of hydrogen-bond donors (Lipinski definition) is 1. The van der Waals surface area contributed by atoms with Crippen molar-refractivity contribution in [1.82, 2.24) is 10.2 Å². The second-order valence-electron chi connectivity index (χ2n) is 6.60. The minimum atomic E-state index is 0.529. The lowest BCUT2D eigenvalue weighted by molar-refractivity contribution is 0.199. The Morgan fingerprint density at radius 3 is 2.95 bits per heavy atom. The molecule has 0 aliphatic carbocycles. The molecule has 0 radical (unpaired) electrons. The third-order valence-electron chi connectivity index (χ3n) is 4.75. The number of hydrogen-bond acceptors (Lipinski definition) is 3. The molecule has 1 aromatic carbocycles. The number of ether oxygens (including phenoxy) is 1. The van der Waals surface area contributed by atoms with Gasteiger partial charge in [-0.1, -0.05) is 26.0 Å². The first-order valence-corrected chi connectivity index (χ1v) is 8.47. The van der Waals surface area contributed by atoms with Gasteiger partial charge >= 0.3 is 0 Å². The van der Waals surface area contributed by atoms with E-state index in [4.69, 9.17) is 4.74 Å². The van der Waals surface area contributed by atoms with E-state index in [2.05, 4.69) is 42.3 Å². The molecule has 3 heteroatoms. The van der Waals surface area contributed by atoms with Crippen molar-refractivity contribution in [3.8, 4) is 5.75 Å². The standard InChI is InChI=1S/C18H28N2O/c1-14(2)15-6-7-18-16(13-15)17(5-3-12-21-18)20-10-4-8-19-9-11-20/h6-7,13-14,17,19H,3-5,8-12H2,1-2H3. The second-order valence-corrected chi connectivity index (χ2v) is 6.60. The molecule has 2 aliphatic heterocycles. The zero-order valence-corrected chi connectivity index (χ0v) is 13.4. The summed E-state index contributed by atoms with van der Waals surface area (Å²) in [5, 5.41) is 3.51. The molecule has 1 aromatic rings. The summed E-state index contributed by atoms with van der Waals surface area (Å²) >= 11 is 0. The van der Waals surface area contributed by atoms with E-state index in [0.29, 0.717) is 12.0 Å². The highest BCUT2D eigenvalue weighted by Crippen LogP contribution is 2.37. The van der Waals surface area contributed by atoms with Gasteiger partial charge in [0.15, 0.2) is 0 Å². The van der Waals surface area contributed by atoms with Crippen LogP contribution in [0.4, 0.5) is 0 Å². The molecule has 3 nitrogen and oxygen atoms in total. The van der Waals surface area contributed by atoms with Gasteiger partial charge in [0, 0.05) is 31.2 Å². The Morgan fingerprint density at radius 2 is 2.10 bits per heavy atom. The van der Waals surface area contributed by atoms with Gasteiger partial charge in [0.05, 0.1) is 6.61 Å². The highest BCUT2D eigenvalue weighted by Gasteiger charge is 2.26. The zero-order chi connectivity index (χ0) is 14.7. The van der Waals surface area contributed by atoms with Gasteiger partial charge in [-0.3, -0.25) is 4.90 Å². The average molecular weight is 288 g/mol. The molecular formula is C18H28N2O. The molecule has 1 fully saturated rings. The van der Waals surface area contributed by atoms with E-state index in [1.54, 1.807) is 0 Å². The number of fused-ring (bicyclic) bond motifs is 1. The van der Waals surface area contributed by atoms with Crippen molar-refractivity contribution < 1.29 is 4.74 Å². The number of benzene rings is 1. The van der Waals surface area contributed by atoms with Crippen LogP contribution in [0.2, 0.25) is 0 Å². The Balaban J connectivity index is 1.92. The maximum atomic E-state index is 5.99. The first kappa shape index (κ1) is 14.9. The van der Waals surface area contributed by atoms with Gasteiger partial charge in [0.25, 0.3) is 0 Å². The SMILES string of the molecule is CC(C)c1ccc2c(c1)C(N1CCCNCC1)CCCO2. The summed E-state index contributed by atoms with van der Waals surface area (Å²) in [5.41, 5.74) is 2.85. The van der Waals surface area contributed by atoms with E-state index in [-0.39, 0.29) is 0 Å². The normalized spacial score (nSPS) is 24.0. The topological polar surface area (TPSA) is 24.5 Å². The largest absolute Gasteiger partial charge is 0.493 e. The van der Waals surface area contributed by atoms with Crippen molar-refractivity contribution in [3.05, 3.63) is 29.3 Å². The highest BCUT2D eigenvalue weighted by atomic mass is 16.5. The van der Waals surface area contributed by atoms with Crippen molar-refractivity contribution in [1.29, 1.82) is 0 Å². The third kappa shape index (κ3) is 3.41. The smallest absolute Gasteiger partial charge is 0.124 e. The van der Waals surface area contributed by atoms with E-state index in [1.165, 1.54) is 30.5 Å². The van der Waals surface area contributed by atoms with E-state index in [0.717, 1.165) is 38.4 Å². The predicted octanol–water partition coefficient (Wildman–Crippen LogP) is 3.32. The van der Waals surface area contributed by atoms with Crippen LogP contribution in [0.5, 0.6) is 5.75 Å². The maximum absolute atomic E-state index is 5.99. The van der Waals surface area contributed by atoms with E-state index in [1.807, 2.05) is 0 Å². The molecule has 1 saturated heterocycles. The molecular weight excluding hydrogens is 260 g/mol. The van der Waals surface area contributed by atoms with Crippen molar-refractivity contribution in [2.45, 2.75) is 45.1 Å². The van der Waals surface area contributed by atoms with Gasteiger partial charge in [0.2, 0.25) is 0 Å². The first-order chi connectivity index (χ1) is 10.3. The third-order valence-corrected chi connectivity index (χ3v) is 4.75. The Labute approximate surface area is 128 Å². The van der Waals surface area contributed by atoms with Crippen molar-refractivity contribution in [2.24, 2.45) is 0 Å². The van der Waals surface area contributed by atoms with Gasteiger partial charge in [-0.25, -0.2) is 0 Å². The van der Waals surface area contributed by atoms with Crippen LogP contribution in [0.15, 0.2) is 18.2 Å². The molecule has 2 heterocycles. The van der Waals surface area contributed by atoms with Crippen molar-refractivity contribution >= 4 is 0 Å². The number of nitrogens with zero attached hydrogens (tertiary/aromatic N) is 1. The lowest BCUT2D eigenvalue weighted by Crippen LogP contribution is -2.32. The minimum Gasteiger partial charge on any atom is -0.493 e. The molecule has 21 heavy (non-hydrogen) atoms. The molecule has 0 amide bonds. The molecule has 0 spiro atoms. The van der Waals surface area contributed by atoms with E-state index in [9.17, 15) is 0 Å². The number of rotatable bonds is 2. The maximum Gasteiger partial charge on any atom is 0.124 e. The Hall–Kier alpha value is -1.06. The molecule has 2 aliphatic rings. The van der Waals surface area contributed by atoms with Crippen molar-refractivity contribution in [2.75, 3.05) is 32.8 Å². The first-order valence-electron chi connectivity index (χ1n) is 8.47. The van der Waals surface area contributed by atoms with Gasteiger partial charge in [-0.15, -0.1) is 0 Å². The Bertz CT molecular complexity index is 464. The Kier molecular flexibility index (Phi) is 4.81. The fourth-order valence-electron chi connectivity index (χ4n) is 3.49. The van der Waals surface area contributed by atoms with Crippen LogP contribution < -0.4 is 10.1 Å². The summed E-state index contributed by atoms with van der Waals surface area (Å²) in [6, 6.07) is 7.35. The summed E-state index contributed by atoms with van der Waals surface area (Å²) in [6.45, 7) is 10.00. The van der Waals surface area contributed by atoms with Crippen LogP contribution in [-0.4, -0.2) is 37.7 Å². The van der Waals surface area contributed by atoms with E-state index < -0.39 is 0 Å². The van der Waals surface area contributed by atoms with Crippen LogP contribution in [0.25, 0.3) is 0 Å². The van der Waals surface area contributed by atoms with Gasteiger partial charge in [0.1, 0.15) is 5.75 Å². The summed E-state index contributed by atoms with van der Waals surface area (Å²) in [4.78, 5) is 2.66.